The van der Waals surface area contributed by atoms with E-state index in [1.165, 1.54) is 64.2 Å². The summed E-state index contributed by atoms with van der Waals surface area (Å²) in [5.41, 5.74) is 0. The topological polar surface area (TPSA) is 18.5 Å². The molecule has 0 atom stereocenters. The Morgan fingerprint density at radius 3 is 1.75 bits per heavy atom. The Hall–Kier alpha value is -0.0800. The molecule has 0 radical (unpaired) electrons. The maximum atomic E-state index is 6.01. The Morgan fingerprint density at radius 2 is 1.15 bits per heavy atom. The average Bonchev–Trinajstić information content (AvgIpc) is 2.49. The number of hydrogen-bond donors (Lipinski definition) is 0. The van der Waals surface area contributed by atoms with Crippen LogP contribution in [-0.2, 0) is 9.47 Å². The summed E-state index contributed by atoms with van der Waals surface area (Å²) in [5.74, 6) is -0.226. The third-order valence-corrected chi connectivity index (χ3v) is 4.34. The highest BCUT2D eigenvalue weighted by Gasteiger charge is 2.33. The summed E-state index contributed by atoms with van der Waals surface area (Å²) in [6.45, 7) is 6.30. The fraction of sp³-hybridized carbons (Fsp3) is 1.00. The van der Waals surface area contributed by atoms with Gasteiger partial charge in [0.2, 0.25) is 0 Å². The summed E-state index contributed by atoms with van der Waals surface area (Å²) < 4.78 is 12.0. The molecular weight excluding hydrogens is 248 g/mol. The van der Waals surface area contributed by atoms with Crippen molar-refractivity contribution in [1.82, 2.24) is 0 Å². The monoisotopic (exact) mass is 284 g/mol. The zero-order chi connectivity index (χ0) is 14.5. The number of unbranched alkanes of at least 4 members (excludes halogenated alkanes) is 8. The Kier molecular flexibility index (Phi) is 10.4. The minimum Gasteiger partial charge on any atom is -0.350 e. The van der Waals surface area contributed by atoms with Crippen molar-refractivity contribution in [1.29, 1.82) is 0 Å². The van der Waals surface area contributed by atoms with Crippen molar-refractivity contribution in [2.45, 2.75) is 103 Å². The Labute approximate surface area is 126 Å². The van der Waals surface area contributed by atoms with E-state index in [1.54, 1.807) is 0 Å². The smallest absolute Gasteiger partial charge is 0.168 e. The molecule has 20 heavy (non-hydrogen) atoms. The maximum Gasteiger partial charge on any atom is 0.168 e. The quantitative estimate of drug-likeness (QED) is 0.419. The fourth-order valence-electron chi connectivity index (χ4n) is 3.00. The molecule has 2 heteroatoms. The van der Waals surface area contributed by atoms with Crippen molar-refractivity contribution in [3.8, 4) is 0 Å². The molecule has 0 bridgehead atoms. The van der Waals surface area contributed by atoms with Crippen molar-refractivity contribution in [2.24, 2.45) is 0 Å². The second-order valence-corrected chi connectivity index (χ2v) is 6.29. The summed E-state index contributed by atoms with van der Waals surface area (Å²) >= 11 is 0. The van der Waals surface area contributed by atoms with E-state index in [-0.39, 0.29) is 5.79 Å². The second kappa shape index (κ2) is 11.6. The van der Waals surface area contributed by atoms with Crippen LogP contribution < -0.4 is 0 Å². The number of hydrogen-bond acceptors (Lipinski definition) is 2. The van der Waals surface area contributed by atoms with Crippen LogP contribution in [0.4, 0.5) is 0 Å². The van der Waals surface area contributed by atoms with Crippen molar-refractivity contribution >= 4 is 0 Å². The van der Waals surface area contributed by atoms with Crippen molar-refractivity contribution < 1.29 is 9.47 Å². The lowest BCUT2D eigenvalue weighted by Gasteiger charge is -2.37. The van der Waals surface area contributed by atoms with Crippen LogP contribution in [0, 0.1) is 0 Å². The van der Waals surface area contributed by atoms with Gasteiger partial charge in [0.05, 0.1) is 13.2 Å². The van der Waals surface area contributed by atoms with E-state index in [2.05, 4.69) is 13.8 Å². The van der Waals surface area contributed by atoms with Gasteiger partial charge < -0.3 is 9.47 Å². The molecule has 0 amide bonds. The van der Waals surface area contributed by atoms with Gasteiger partial charge in [0.15, 0.2) is 5.79 Å². The molecule has 1 saturated heterocycles. The summed E-state index contributed by atoms with van der Waals surface area (Å²) in [6, 6.07) is 0. The van der Waals surface area contributed by atoms with Gasteiger partial charge in [0.1, 0.15) is 0 Å². The van der Waals surface area contributed by atoms with Crippen LogP contribution >= 0.6 is 0 Å². The number of ether oxygens (including phenoxy) is 2. The van der Waals surface area contributed by atoms with E-state index in [0.717, 1.165) is 32.5 Å². The first kappa shape index (κ1) is 18.0. The molecule has 0 aliphatic carbocycles. The zero-order valence-corrected chi connectivity index (χ0v) is 13.9. The Bertz CT molecular complexity index is 209. The van der Waals surface area contributed by atoms with Gasteiger partial charge in [-0.2, -0.15) is 0 Å². The van der Waals surface area contributed by atoms with E-state index in [1.807, 2.05) is 0 Å². The maximum absolute atomic E-state index is 6.01. The lowest BCUT2D eigenvalue weighted by molar-refractivity contribution is -0.274. The standard InChI is InChI=1S/C18H36O2/c1-3-5-7-8-9-10-11-12-15-18(14-6-4-2)19-16-13-17-20-18/h3-17H2,1-2H3. The van der Waals surface area contributed by atoms with Crippen LogP contribution in [-0.4, -0.2) is 19.0 Å². The first-order chi connectivity index (χ1) is 9.83. The average molecular weight is 284 g/mol. The van der Waals surface area contributed by atoms with E-state index in [0.29, 0.717) is 0 Å². The Morgan fingerprint density at radius 1 is 0.650 bits per heavy atom. The molecule has 1 aliphatic heterocycles. The molecular formula is C18H36O2. The van der Waals surface area contributed by atoms with Crippen LogP contribution in [0.25, 0.3) is 0 Å². The highest BCUT2D eigenvalue weighted by atomic mass is 16.7. The van der Waals surface area contributed by atoms with Crippen molar-refractivity contribution in [3.05, 3.63) is 0 Å². The molecule has 0 aromatic carbocycles. The van der Waals surface area contributed by atoms with Crippen LogP contribution in [0.2, 0.25) is 0 Å². The molecule has 0 N–H and O–H groups in total. The van der Waals surface area contributed by atoms with E-state index >= 15 is 0 Å². The molecule has 0 saturated carbocycles. The highest BCUT2D eigenvalue weighted by molar-refractivity contribution is 4.73. The molecule has 1 fully saturated rings. The van der Waals surface area contributed by atoms with Crippen LogP contribution in [0.15, 0.2) is 0 Å². The van der Waals surface area contributed by atoms with Gasteiger partial charge in [0, 0.05) is 12.8 Å². The summed E-state index contributed by atoms with van der Waals surface area (Å²) in [5, 5.41) is 0. The largest absolute Gasteiger partial charge is 0.350 e. The van der Waals surface area contributed by atoms with Gasteiger partial charge >= 0.3 is 0 Å². The molecule has 1 aliphatic rings. The summed E-state index contributed by atoms with van der Waals surface area (Å²) in [6.07, 6.45) is 16.7. The third-order valence-electron chi connectivity index (χ3n) is 4.34. The van der Waals surface area contributed by atoms with Gasteiger partial charge in [-0.1, -0.05) is 65.2 Å². The number of rotatable bonds is 12. The molecule has 1 rings (SSSR count). The Balaban J connectivity index is 2.09. The molecule has 0 unspecified atom stereocenters. The van der Waals surface area contributed by atoms with Gasteiger partial charge in [-0.3, -0.25) is 0 Å². The van der Waals surface area contributed by atoms with Gasteiger partial charge in [0.25, 0.3) is 0 Å². The van der Waals surface area contributed by atoms with E-state index in [9.17, 15) is 0 Å². The second-order valence-electron chi connectivity index (χ2n) is 6.29. The molecule has 2 nitrogen and oxygen atoms in total. The van der Waals surface area contributed by atoms with Gasteiger partial charge in [-0.15, -0.1) is 0 Å². The highest BCUT2D eigenvalue weighted by Crippen LogP contribution is 2.30. The van der Waals surface area contributed by atoms with Crippen molar-refractivity contribution in [2.75, 3.05) is 13.2 Å². The van der Waals surface area contributed by atoms with Gasteiger partial charge in [-0.25, -0.2) is 0 Å². The van der Waals surface area contributed by atoms with Crippen LogP contribution in [0.5, 0.6) is 0 Å². The molecule has 120 valence electrons. The van der Waals surface area contributed by atoms with Crippen molar-refractivity contribution in [3.63, 3.8) is 0 Å². The van der Waals surface area contributed by atoms with Gasteiger partial charge in [-0.05, 0) is 19.3 Å². The first-order valence-electron chi connectivity index (χ1n) is 9.11. The molecule has 0 spiro atoms. The first-order valence-corrected chi connectivity index (χ1v) is 9.11. The van der Waals surface area contributed by atoms with E-state index < -0.39 is 0 Å². The van der Waals surface area contributed by atoms with Crippen LogP contribution in [0.3, 0.4) is 0 Å². The lowest BCUT2D eigenvalue weighted by atomic mass is 9.99. The minimum absolute atomic E-state index is 0.226. The molecule has 0 aromatic rings. The predicted octanol–water partition coefficient (Wildman–Crippen LogP) is 5.84. The summed E-state index contributed by atoms with van der Waals surface area (Å²) in [7, 11) is 0. The fourth-order valence-corrected chi connectivity index (χ4v) is 3.00. The predicted molar refractivity (Wildman–Crippen MR) is 86.0 cm³/mol. The lowest BCUT2D eigenvalue weighted by Crippen LogP contribution is -2.40. The zero-order valence-electron chi connectivity index (χ0n) is 13.9. The SMILES string of the molecule is CCCCCCCCCCC1(CCCC)OCCCO1. The van der Waals surface area contributed by atoms with E-state index in [4.69, 9.17) is 9.47 Å². The minimum atomic E-state index is -0.226. The third kappa shape index (κ3) is 7.64. The van der Waals surface area contributed by atoms with Crippen LogP contribution in [0.1, 0.15) is 97.3 Å². The normalized spacial score (nSPS) is 18.3. The molecule has 1 heterocycles. The summed E-state index contributed by atoms with van der Waals surface area (Å²) in [4.78, 5) is 0. The molecule has 0 aromatic heterocycles.